The molecule has 3 rings (SSSR count). The molecule has 4 nitrogen and oxygen atoms in total. The van der Waals surface area contributed by atoms with Gasteiger partial charge in [0, 0.05) is 11.6 Å². The molecule has 0 fully saturated rings. The van der Waals surface area contributed by atoms with E-state index in [1.54, 1.807) is 12.2 Å². The predicted octanol–water partition coefficient (Wildman–Crippen LogP) is 5.11. The minimum Gasteiger partial charge on any atom is -0.489 e. The van der Waals surface area contributed by atoms with Gasteiger partial charge >= 0.3 is 5.97 Å². The Morgan fingerprint density at radius 2 is 1.48 bits per heavy atom. The summed E-state index contributed by atoms with van der Waals surface area (Å²) in [6.45, 7) is 0.414. The van der Waals surface area contributed by atoms with Crippen LogP contribution in [0.25, 0.3) is 12.2 Å². The molecule has 2 N–H and O–H groups in total. The van der Waals surface area contributed by atoms with E-state index in [4.69, 9.17) is 9.84 Å². The minimum absolute atomic E-state index is 0.414. The summed E-state index contributed by atoms with van der Waals surface area (Å²) < 4.78 is 5.91. The first kappa shape index (κ1) is 20.1. The summed E-state index contributed by atoms with van der Waals surface area (Å²) in [6, 6.07) is 24.6. The number of hydrogen-bond donors (Lipinski definition) is 2. The van der Waals surface area contributed by atoms with Crippen molar-refractivity contribution in [2.24, 2.45) is 0 Å². The van der Waals surface area contributed by atoms with E-state index in [-0.39, 0.29) is 0 Å². The molecule has 3 aromatic rings. The minimum atomic E-state index is -1.01. The first-order valence-electron chi connectivity index (χ1n) is 9.25. The van der Waals surface area contributed by atoms with E-state index < -0.39 is 12.1 Å². The Morgan fingerprint density at radius 3 is 2.21 bits per heavy atom. The van der Waals surface area contributed by atoms with Crippen molar-refractivity contribution in [2.45, 2.75) is 12.7 Å². The third kappa shape index (κ3) is 5.92. The number of para-hydroxylation sites is 1. The van der Waals surface area contributed by atoms with Gasteiger partial charge in [0.25, 0.3) is 0 Å². The zero-order valence-corrected chi connectivity index (χ0v) is 15.8. The number of aliphatic hydroxyl groups is 1. The molecule has 3 aromatic carbocycles. The SMILES string of the molecule is O=C(O)C=Cc1ccccc1C=CC(O)c1ccccc1OCc1ccccc1. The maximum absolute atomic E-state index is 10.8. The van der Waals surface area contributed by atoms with E-state index >= 15 is 0 Å². The number of carbonyl (C=O) groups is 1. The zero-order chi connectivity index (χ0) is 20.5. The van der Waals surface area contributed by atoms with Gasteiger partial charge in [-0.25, -0.2) is 4.79 Å². The molecule has 146 valence electrons. The molecular weight excluding hydrogens is 364 g/mol. The van der Waals surface area contributed by atoms with Crippen LogP contribution in [0.3, 0.4) is 0 Å². The first-order chi connectivity index (χ1) is 14.1. The third-order valence-corrected chi connectivity index (χ3v) is 4.33. The monoisotopic (exact) mass is 386 g/mol. The van der Waals surface area contributed by atoms with Crippen LogP contribution in [0.2, 0.25) is 0 Å². The molecule has 0 spiro atoms. The van der Waals surface area contributed by atoms with Crippen LogP contribution in [0.1, 0.15) is 28.4 Å². The van der Waals surface area contributed by atoms with E-state index in [0.29, 0.717) is 17.9 Å². The van der Waals surface area contributed by atoms with Crippen LogP contribution in [0.4, 0.5) is 0 Å². The van der Waals surface area contributed by atoms with Crippen LogP contribution in [-0.2, 0) is 11.4 Å². The molecule has 0 bridgehead atoms. The van der Waals surface area contributed by atoms with Crippen molar-refractivity contribution in [3.8, 4) is 5.75 Å². The average Bonchev–Trinajstić information content (AvgIpc) is 2.76. The second-order valence-corrected chi connectivity index (χ2v) is 6.42. The average molecular weight is 386 g/mol. The van der Waals surface area contributed by atoms with Gasteiger partial charge in [0.15, 0.2) is 0 Å². The van der Waals surface area contributed by atoms with Gasteiger partial charge in [0.05, 0.1) is 0 Å². The lowest BCUT2D eigenvalue weighted by molar-refractivity contribution is -0.131. The van der Waals surface area contributed by atoms with Gasteiger partial charge in [-0.15, -0.1) is 0 Å². The molecule has 29 heavy (non-hydrogen) atoms. The van der Waals surface area contributed by atoms with Gasteiger partial charge < -0.3 is 14.9 Å². The molecule has 1 atom stereocenters. The molecule has 1 unspecified atom stereocenters. The molecule has 0 saturated heterocycles. The number of carboxylic acid groups (broad SMARTS) is 1. The molecule has 0 aliphatic rings. The number of aliphatic carboxylic acids is 1. The highest BCUT2D eigenvalue weighted by Crippen LogP contribution is 2.27. The number of benzene rings is 3. The summed E-state index contributed by atoms with van der Waals surface area (Å²) in [5, 5.41) is 19.5. The van der Waals surface area contributed by atoms with Gasteiger partial charge in [-0.05, 0) is 28.8 Å². The van der Waals surface area contributed by atoms with Crippen molar-refractivity contribution in [2.75, 3.05) is 0 Å². The maximum Gasteiger partial charge on any atom is 0.328 e. The summed E-state index contributed by atoms with van der Waals surface area (Å²) in [6.07, 6.45) is 5.21. The van der Waals surface area contributed by atoms with E-state index in [9.17, 15) is 9.90 Å². The predicted molar refractivity (Wildman–Crippen MR) is 114 cm³/mol. The van der Waals surface area contributed by atoms with E-state index in [1.165, 1.54) is 6.08 Å². The summed E-state index contributed by atoms with van der Waals surface area (Å²) in [7, 11) is 0. The van der Waals surface area contributed by atoms with Crippen LogP contribution in [0.15, 0.2) is 91.0 Å². The van der Waals surface area contributed by atoms with Gasteiger partial charge in [0.1, 0.15) is 18.5 Å². The Kier molecular flexibility index (Phi) is 6.98. The standard InChI is InChI=1S/C25H22O4/c26-23(16-14-20-10-4-5-11-21(20)15-17-25(27)28)22-12-6-7-13-24(22)29-18-19-8-2-1-3-9-19/h1-17,23,26H,18H2,(H,27,28). The molecule has 0 heterocycles. The molecule has 0 aliphatic heterocycles. The molecule has 0 aromatic heterocycles. The van der Waals surface area contributed by atoms with Crippen molar-refractivity contribution < 1.29 is 19.7 Å². The number of rotatable bonds is 8. The fraction of sp³-hybridized carbons (Fsp3) is 0.0800. The Hall–Kier alpha value is -3.63. The van der Waals surface area contributed by atoms with Crippen LogP contribution in [0, 0.1) is 0 Å². The summed E-state index contributed by atoms with van der Waals surface area (Å²) in [5.41, 5.74) is 3.28. The molecule has 0 amide bonds. The van der Waals surface area contributed by atoms with Gasteiger partial charge in [0.2, 0.25) is 0 Å². The van der Waals surface area contributed by atoms with Gasteiger partial charge in [-0.2, -0.15) is 0 Å². The van der Waals surface area contributed by atoms with Crippen LogP contribution < -0.4 is 4.74 Å². The van der Waals surface area contributed by atoms with Crippen molar-refractivity contribution >= 4 is 18.1 Å². The molecular formula is C25H22O4. The van der Waals surface area contributed by atoms with Crippen LogP contribution in [0.5, 0.6) is 5.75 Å². The highest BCUT2D eigenvalue weighted by atomic mass is 16.5. The third-order valence-electron chi connectivity index (χ3n) is 4.33. The van der Waals surface area contributed by atoms with E-state index in [2.05, 4.69) is 0 Å². The van der Waals surface area contributed by atoms with Crippen molar-refractivity contribution in [1.82, 2.24) is 0 Å². The molecule has 0 aliphatic carbocycles. The van der Waals surface area contributed by atoms with Crippen LogP contribution >= 0.6 is 0 Å². The lowest BCUT2D eigenvalue weighted by atomic mass is 10.0. The quantitative estimate of drug-likeness (QED) is 0.528. The molecule has 4 heteroatoms. The van der Waals surface area contributed by atoms with Crippen LogP contribution in [-0.4, -0.2) is 16.2 Å². The Bertz CT molecular complexity index is 1010. The van der Waals surface area contributed by atoms with Crippen molar-refractivity contribution in [3.63, 3.8) is 0 Å². The summed E-state index contributed by atoms with van der Waals surface area (Å²) in [5.74, 6) is -0.388. The van der Waals surface area contributed by atoms with Gasteiger partial charge in [-0.1, -0.05) is 84.9 Å². The van der Waals surface area contributed by atoms with Crippen molar-refractivity contribution in [3.05, 3.63) is 113 Å². The zero-order valence-electron chi connectivity index (χ0n) is 15.8. The number of carboxylic acids is 1. The highest BCUT2D eigenvalue weighted by Gasteiger charge is 2.11. The number of hydrogen-bond acceptors (Lipinski definition) is 3. The lowest BCUT2D eigenvalue weighted by Gasteiger charge is -2.14. The lowest BCUT2D eigenvalue weighted by Crippen LogP contribution is -2.01. The Balaban J connectivity index is 1.76. The van der Waals surface area contributed by atoms with Gasteiger partial charge in [-0.3, -0.25) is 0 Å². The van der Waals surface area contributed by atoms with E-state index in [0.717, 1.165) is 22.8 Å². The highest BCUT2D eigenvalue weighted by molar-refractivity contribution is 5.86. The van der Waals surface area contributed by atoms with Crippen molar-refractivity contribution in [1.29, 1.82) is 0 Å². The normalized spacial score (nSPS) is 12.3. The fourth-order valence-electron chi connectivity index (χ4n) is 2.87. The fourth-order valence-corrected chi connectivity index (χ4v) is 2.87. The largest absolute Gasteiger partial charge is 0.489 e. The second-order valence-electron chi connectivity index (χ2n) is 6.42. The number of aliphatic hydroxyl groups excluding tert-OH is 1. The maximum atomic E-state index is 10.8. The van der Waals surface area contributed by atoms with E-state index in [1.807, 2.05) is 78.9 Å². The molecule has 0 saturated carbocycles. The number of ether oxygens (including phenoxy) is 1. The molecule has 0 radical (unpaired) electrons. The smallest absolute Gasteiger partial charge is 0.328 e. The summed E-state index contributed by atoms with van der Waals surface area (Å²) >= 11 is 0. The summed E-state index contributed by atoms with van der Waals surface area (Å²) in [4.78, 5) is 10.8. The topological polar surface area (TPSA) is 66.8 Å². The first-order valence-corrected chi connectivity index (χ1v) is 9.25. The second kappa shape index (κ2) is 10.1. The Morgan fingerprint density at radius 1 is 0.862 bits per heavy atom. The Labute approximate surface area is 170 Å².